The first-order chi connectivity index (χ1) is 5.79. The van der Waals surface area contributed by atoms with Gasteiger partial charge in [-0.25, -0.2) is 4.98 Å². The van der Waals surface area contributed by atoms with Gasteiger partial charge in [0.05, 0.1) is 0 Å². The van der Waals surface area contributed by atoms with Gasteiger partial charge in [-0.2, -0.15) is 0 Å². The quantitative estimate of drug-likeness (QED) is 0.419. The van der Waals surface area contributed by atoms with Gasteiger partial charge in [-0.1, -0.05) is 12.1 Å². The molecule has 1 N–H and O–H groups in total. The second-order valence-electron chi connectivity index (χ2n) is 2.84. The zero-order valence-electron chi connectivity index (χ0n) is 7.79. The first-order valence-electron chi connectivity index (χ1n) is 3.86. The summed E-state index contributed by atoms with van der Waals surface area (Å²) in [6.07, 6.45) is 1.79. The maximum atomic E-state index is 11.3. The van der Waals surface area contributed by atoms with Gasteiger partial charge < -0.3 is 5.11 Å². The number of benzene rings is 1. The Morgan fingerprint density at radius 1 is 1.23 bits per heavy atom. The van der Waals surface area contributed by atoms with Crippen molar-refractivity contribution in [1.29, 1.82) is 0 Å². The molecule has 0 atom stereocenters. The number of H-pyrrole nitrogens is 1. The molecule has 0 bridgehead atoms. The Morgan fingerprint density at radius 2 is 2.00 bits per heavy atom. The van der Waals surface area contributed by atoms with Crippen LogP contribution in [0.5, 0.6) is 5.75 Å². The Hall–Kier alpha value is -0.973. The minimum atomic E-state index is 0. The minimum Gasteiger partial charge on any atom is -0.868 e. The SMILES string of the molecule is Cc1cc[nH+]c2c([O-])cccc12.[Li+]. The third-order valence-corrected chi connectivity index (χ3v) is 2.01. The molecule has 13 heavy (non-hydrogen) atoms. The van der Waals surface area contributed by atoms with Crippen molar-refractivity contribution < 1.29 is 29.0 Å². The largest absolute Gasteiger partial charge is 1.00 e. The van der Waals surface area contributed by atoms with Crippen LogP contribution in [0.3, 0.4) is 0 Å². The summed E-state index contributed by atoms with van der Waals surface area (Å²) in [4.78, 5) is 2.95. The second kappa shape index (κ2) is 3.82. The van der Waals surface area contributed by atoms with Gasteiger partial charge in [-0.3, -0.25) is 0 Å². The van der Waals surface area contributed by atoms with Gasteiger partial charge in [0, 0.05) is 11.5 Å². The van der Waals surface area contributed by atoms with E-state index in [0.29, 0.717) is 5.52 Å². The van der Waals surface area contributed by atoms with E-state index in [2.05, 4.69) is 4.98 Å². The molecule has 2 nitrogen and oxygen atoms in total. The smallest absolute Gasteiger partial charge is 0.868 e. The molecule has 0 spiro atoms. The van der Waals surface area contributed by atoms with Gasteiger partial charge in [0.2, 0.25) is 5.52 Å². The fraction of sp³-hybridized carbons (Fsp3) is 0.100. The van der Waals surface area contributed by atoms with Crippen molar-refractivity contribution in [2.75, 3.05) is 0 Å². The Kier molecular flexibility index (Phi) is 2.97. The van der Waals surface area contributed by atoms with Crippen LogP contribution in [0, 0.1) is 6.92 Å². The number of fused-ring (bicyclic) bond motifs is 1. The zero-order valence-corrected chi connectivity index (χ0v) is 7.79. The standard InChI is InChI=1S/C10H9NO.Li/c1-7-5-6-11-10-8(7)3-2-4-9(10)12;/h2-6,12H,1H3;/q;+1. The summed E-state index contributed by atoms with van der Waals surface area (Å²) >= 11 is 0. The predicted molar refractivity (Wildman–Crippen MR) is 44.7 cm³/mol. The van der Waals surface area contributed by atoms with Gasteiger partial charge in [0.1, 0.15) is 0 Å². The van der Waals surface area contributed by atoms with Crippen molar-refractivity contribution >= 4 is 10.9 Å². The van der Waals surface area contributed by atoms with Crippen LogP contribution in [0.1, 0.15) is 5.56 Å². The average molecular weight is 166 g/mol. The van der Waals surface area contributed by atoms with Gasteiger partial charge in [0.25, 0.3) is 0 Å². The fourth-order valence-electron chi connectivity index (χ4n) is 1.35. The first kappa shape index (κ1) is 10.1. The molecule has 0 unspecified atom stereocenters. The number of aromatic nitrogens is 1. The maximum absolute atomic E-state index is 11.3. The van der Waals surface area contributed by atoms with Crippen LogP contribution >= 0.6 is 0 Å². The van der Waals surface area contributed by atoms with E-state index >= 15 is 0 Å². The molecule has 0 aliphatic heterocycles. The van der Waals surface area contributed by atoms with Crippen LogP contribution in [0.2, 0.25) is 0 Å². The summed E-state index contributed by atoms with van der Waals surface area (Å²) in [7, 11) is 0. The summed E-state index contributed by atoms with van der Waals surface area (Å²) in [5, 5.41) is 12.3. The molecule has 1 aromatic carbocycles. The fourth-order valence-corrected chi connectivity index (χ4v) is 1.35. The number of pyridine rings is 1. The average Bonchev–Trinajstić information content (AvgIpc) is 2.07. The first-order valence-corrected chi connectivity index (χ1v) is 3.86. The van der Waals surface area contributed by atoms with E-state index in [-0.39, 0.29) is 24.6 Å². The van der Waals surface area contributed by atoms with E-state index in [1.54, 1.807) is 18.3 Å². The summed E-state index contributed by atoms with van der Waals surface area (Å²) < 4.78 is 0. The molecule has 0 fully saturated rings. The predicted octanol–water partition coefficient (Wildman–Crippen LogP) is -1.96. The number of nitrogens with one attached hydrogen (secondary N) is 1. The molecular weight excluding hydrogens is 157 g/mol. The minimum absolute atomic E-state index is 0. The van der Waals surface area contributed by atoms with Crippen molar-refractivity contribution in [3.05, 3.63) is 36.0 Å². The molecule has 0 aliphatic rings. The topological polar surface area (TPSA) is 37.2 Å². The van der Waals surface area contributed by atoms with Crippen LogP contribution in [0.25, 0.3) is 10.9 Å². The molecule has 0 saturated carbocycles. The molecule has 0 saturated heterocycles. The second-order valence-corrected chi connectivity index (χ2v) is 2.84. The molecule has 1 heterocycles. The molecule has 0 amide bonds. The van der Waals surface area contributed by atoms with E-state index in [1.807, 2.05) is 19.1 Å². The Balaban J connectivity index is 0.000000845. The Morgan fingerprint density at radius 3 is 2.69 bits per heavy atom. The van der Waals surface area contributed by atoms with Crippen LogP contribution in [0.15, 0.2) is 30.5 Å². The van der Waals surface area contributed by atoms with Gasteiger partial charge in [0.15, 0.2) is 6.20 Å². The summed E-state index contributed by atoms with van der Waals surface area (Å²) in [5.74, 6) is 0.0520. The van der Waals surface area contributed by atoms with Crippen molar-refractivity contribution in [1.82, 2.24) is 0 Å². The van der Waals surface area contributed by atoms with Gasteiger partial charge in [-0.05, 0) is 24.3 Å². The molecule has 3 heteroatoms. The molecule has 2 rings (SSSR count). The van der Waals surface area contributed by atoms with Gasteiger partial charge >= 0.3 is 18.9 Å². The number of hydrogen-bond acceptors (Lipinski definition) is 1. The summed E-state index contributed by atoms with van der Waals surface area (Å²) in [6, 6.07) is 7.26. The van der Waals surface area contributed by atoms with Crippen molar-refractivity contribution in [2.45, 2.75) is 6.92 Å². The van der Waals surface area contributed by atoms with Crippen LogP contribution in [0.4, 0.5) is 0 Å². The summed E-state index contributed by atoms with van der Waals surface area (Å²) in [5.41, 5.74) is 1.82. The van der Waals surface area contributed by atoms with Crippen LogP contribution < -0.4 is 29.0 Å². The van der Waals surface area contributed by atoms with E-state index < -0.39 is 0 Å². The Bertz CT molecular complexity index is 387. The number of para-hydroxylation sites is 1. The molecule has 1 aromatic heterocycles. The maximum Gasteiger partial charge on any atom is 1.00 e. The monoisotopic (exact) mass is 166 g/mol. The van der Waals surface area contributed by atoms with Gasteiger partial charge in [-0.15, -0.1) is 0 Å². The number of rotatable bonds is 0. The number of hydrogen-bond donors (Lipinski definition) is 0. The van der Waals surface area contributed by atoms with Crippen molar-refractivity contribution in [2.24, 2.45) is 0 Å². The Labute approximate surface area is 88.8 Å². The van der Waals surface area contributed by atoms with Crippen LogP contribution in [-0.4, -0.2) is 0 Å². The molecule has 0 radical (unpaired) electrons. The molecular formula is C10H9LiNO+. The van der Waals surface area contributed by atoms with E-state index in [4.69, 9.17) is 0 Å². The van der Waals surface area contributed by atoms with Crippen molar-refractivity contribution in [3.63, 3.8) is 0 Å². The van der Waals surface area contributed by atoms with E-state index in [1.165, 1.54) is 0 Å². The number of aryl methyl sites for hydroxylation is 1. The third kappa shape index (κ3) is 1.69. The third-order valence-electron chi connectivity index (χ3n) is 2.01. The zero-order chi connectivity index (χ0) is 8.55. The van der Waals surface area contributed by atoms with Crippen molar-refractivity contribution in [3.8, 4) is 5.75 Å². The molecule has 0 aliphatic carbocycles. The normalized spacial score (nSPS) is 9.62. The van der Waals surface area contributed by atoms with Crippen LogP contribution in [-0.2, 0) is 0 Å². The molecule has 60 valence electrons. The van der Waals surface area contributed by atoms with E-state index in [9.17, 15) is 5.11 Å². The molecule has 2 aromatic rings. The van der Waals surface area contributed by atoms with E-state index in [0.717, 1.165) is 10.9 Å². The summed E-state index contributed by atoms with van der Waals surface area (Å²) in [6.45, 7) is 2.00. The number of aromatic amines is 1.